The number of benzene rings is 1. The Hall–Kier alpha value is -0.950. The Labute approximate surface area is 146 Å². The van der Waals surface area contributed by atoms with Crippen LogP contribution in [0.2, 0.25) is 0 Å². The third-order valence-corrected chi connectivity index (χ3v) is 6.33. The second kappa shape index (κ2) is 8.24. The van der Waals surface area contributed by atoms with Crippen molar-refractivity contribution < 1.29 is 4.74 Å². The molecule has 2 saturated carbocycles. The first-order valence-corrected chi connectivity index (χ1v) is 9.64. The molecule has 0 saturated heterocycles. The van der Waals surface area contributed by atoms with Gasteiger partial charge in [-0.05, 0) is 92.7 Å². The summed E-state index contributed by atoms with van der Waals surface area (Å²) in [5, 5.41) is 0. The van der Waals surface area contributed by atoms with Gasteiger partial charge in [0.05, 0.1) is 7.11 Å². The van der Waals surface area contributed by atoms with Crippen molar-refractivity contribution in [3.63, 3.8) is 0 Å². The van der Waals surface area contributed by atoms with E-state index in [1.165, 1.54) is 56.9 Å². The highest BCUT2D eigenvalue weighted by atomic mass is 35.5. The van der Waals surface area contributed by atoms with E-state index in [1.54, 1.807) is 12.6 Å². The summed E-state index contributed by atoms with van der Waals surface area (Å²) in [5.74, 6) is 4.38. The van der Waals surface area contributed by atoms with Crippen molar-refractivity contribution in [1.29, 1.82) is 0 Å². The van der Waals surface area contributed by atoms with E-state index in [2.05, 4.69) is 30.3 Å². The van der Waals surface area contributed by atoms with E-state index in [0.29, 0.717) is 0 Å². The average Bonchev–Trinajstić information content (AvgIpc) is 2.63. The van der Waals surface area contributed by atoms with Gasteiger partial charge in [0.1, 0.15) is 5.75 Å². The Morgan fingerprint density at radius 1 is 0.870 bits per heavy atom. The van der Waals surface area contributed by atoms with E-state index in [1.807, 2.05) is 0 Å². The molecule has 0 aromatic heterocycles. The van der Waals surface area contributed by atoms with Gasteiger partial charge in [-0.3, -0.25) is 0 Å². The van der Waals surface area contributed by atoms with Gasteiger partial charge < -0.3 is 4.74 Å². The lowest BCUT2D eigenvalue weighted by Gasteiger charge is -2.37. The molecule has 2 heteroatoms. The van der Waals surface area contributed by atoms with Gasteiger partial charge in [-0.2, -0.15) is 0 Å². The molecule has 0 unspecified atom stereocenters. The number of methoxy groups -OCH3 is 1. The summed E-state index contributed by atoms with van der Waals surface area (Å²) in [6.07, 6.45) is 13.2. The molecule has 1 aromatic carbocycles. The second-order valence-corrected chi connectivity index (χ2v) is 7.63. The molecule has 2 aliphatic carbocycles. The number of ether oxygens (including phenoxy) is 1. The van der Waals surface area contributed by atoms with Crippen molar-refractivity contribution in [2.75, 3.05) is 7.11 Å². The van der Waals surface area contributed by atoms with Crippen LogP contribution in [-0.4, -0.2) is 7.11 Å². The minimum absolute atomic E-state index is 0.736. The maximum absolute atomic E-state index is 5.72. The van der Waals surface area contributed by atoms with Crippen LogP contribution in [0.15, 0.2) is 35.9 Å². The van der Waals surface area contributed by atoms with Crippen molar-refractivity contribution in [2.45, 2.75) is 57.3 Å². The van der Waals surface area contributed by atoms with Crippen molar-refractivity contribution in [2.24, 2.45) is 17.8 Å². The fraction of sp³-hybridized carbons (Fsp3) is 0.619. The van der Waals surface area contributed by atoms with Crippen LogP contribution < -0.4 is 4.74 Å². The Morgan fingerprint density at radius 2 is 1.43 bits per heavy atom. The Bertz CT molecular complexity index is 491. The summed E-state index contributed by atoms with van der Waals surface area (Å²) in [6, 6.07) is 8.72. The monoisotopic (exact) mass is 332 g/mol. The number of rotatable bonds is 4. The standard InChI is InChI=1S/C21H29ClO/c1-23-21-12-10-20(11-13-21)19-8-6-18(7-9-19)17-4-2-16(3-5-17)14-15-22/h10-19H,2-9H2,1H3/b15-14+. The first-order valence-electron chi connectivity index (χ1n) is 9.21. The smallest absolute Gasteiger partial charge is 0.118 e. The van der Waals surface area contributed by atoms with Crippen LogP contribution in [0.25, 0.3) is 0 Å². The Balaban J connectivity index is 1.48. The second-order valence-electron chi connectivity index (χ2n) is 7.38. The number of hydrogen-bond donors (Lipinski definition) is 0. The zero-order valence-electron chi connectivity index (χ0n) is 14.2. The molecule has 126 valence electrons. The molecular weight excluding hydrogens is 304 g/mol. The van der Waals surface area contributed by atoms with Crippen molar-refractivity contribution in [1.82, 2.24) is 0 Å². The number of allylic oxidation sites excluding steroid dienone is 1. The van der Waals surface area contributed by atoms with Crippen LogP contribution in [0, 0.1) is 17.8 Å². The molecule has 0 N–H and O–H groups in total. The molecule has 0 spiro atoms. The van der Waals surface area contributed by atoms with Gasteiger partial charge in [-0.15, -0.1) is 0 Å². The highest BCUT2D eigenvalue weighted by Gasteiger charge is 2.30. The third kappa shape index (κ3) is 4.32. The van der Waals surface area contributed by atoms with Crippen LogP contribution in [0.3, 0.4) is 0 Å². The van der Waals surface area contributed by atoms with E-state index >= 15 is 0 Å². The third-order valence-electron chi connectivity index (χ3n) is 6.19. The summed E-state index contributed by atoms with van der Waals surface area (Å²) in [6.45, 7) is 0. The van der Waals surface area contributed by atoms with Gasteiger partial charge >= 0.3 is 0 Å². The first kappa shape index (κ1) is 16.9. The maximum Gasteiger partial charge on any atom is 0.118 e. The van der Waals surface area contributed by atoms with Crippen LogP contribution in [0.5, 0.6) is 5.75 Å². The SMILES string of the molecule is COc1ccc(C2CCC(C3CCC(/C=C/Cl)CC3)CC2)cc1. The van der Waals surface area contributed by atoms with Crippen LogP contribution in [0.1, 0.15) is 62.8 Å². The van der Waals surface area contributed by atoms with E-state index in [0.717, 1.165) is 29.4 Å². The van der Waals surface area contributed by atoms with Gasteiger partial charge in [0, 0.05) is 5.54 Å². The Kier molecular flexibility index (Phi) is 6.05. The average molecular weight is 333 g/mol. The van der Waals surface area contributed by atoms with Gasteiger partial charge in [-0.25, -0.2) is 0 Å². The maximum atomic E-state index is 5.72. The lowest BCUT2D eigenvalue weighted by Crippen LogP contribution is -2.25. The number of hydrogen-bond acceptors (Lipinski definition) is 1. The molecule has 0 aliphatic heterocycles. The van der Waals surface area contributed by atoms with E-state index in [-0.39, 0.29) is 0 Å². The Morgan fingerprint density at radius 3 is 1.96 bits per heavy atom. The van der Waals surface area contributed by atoms with E-state index in [9.17, 15) is 0 Å². The van der Waals surface area contributed by atoms with Gasteiger partial charge in [0.2, 0.25) is 0 Å². The zero-order valence-corrected chi connectivity index (χ0v) is 15.0. The predicted octanol–water partition coefficient (Wildman–Crippen LogP) is 6.53. The van der Waals surface area contributed by atoms with Gasteiger partial charge in [-0.1, -0.05) is 29.8 Å². The summed E-state index contributed by atoms with van der Waals surface area (Å²) < 4.78 is 5.27. The molecule has 3 rings (SSSR count). The molecule has 1 nitrogen and oxygen atoms in total. The first-order chi connectivity index (χ1) is 11.3. The summed E-state index contributed by atoms with van der Waals surface area (Å²) in [7, 11) is 1.73. The summed E-state index contributed by atoms with van der Waals surface area (Å²) in [5.41, 5.74) is 3.21. The highest BCUT2D eigenvalue weighted by Crippen LogP contribution is 2.44. The van der Waals surface area contributed by atoms with E-state index < -0.39 is 0 Å². The van der Waals surface area contributed by atoms with Crippen LogP contribution >= 0.6 is 11.6 Å². The van der Waals surface area contributed by atoms with Crippen molar-refractivity contribution in [3.8, 4) is 5.75 Å². The molecular formula is C21H29ClO. The van der Waals surface area contributed by atoms with Gasteiger partial charge in [0.15, 0.2) is 0 Å². The molecule has 0 atom stereocenters. The lowest BCUT2D eigenvalue weighted by atomic mass is 9.68. The van der Waals surface area contributed by atoms with Crippen molar-refractivity contribution >= 4 is 11.6 Å². The largest absolute Gasteiger partial charge is 0.497 e. The van der Waals surface area contributed by atoms with Crippen molar-refractivity contribution in [3.05, 3.63) is 41.4 Å². The topological polar surface area (TPSA) is 9.23 Å². The predicted molar refractivity (Wildman–Crippen MR) is 98.1 cm³/mol. The summed E-state index contributed by atoms with van der Waals surface area (Å²) >= 11 is 5.72. The molecule has 2 fully saturated rings. The summed E-state index contributed by atoms with van der Waals surface area (Å²) in [4.78, 5) is 0. The minimum atomic E-state index is 0.736. The molecule has 0 heterocycles. The quantitative estimate of drug-likeness (QED) is 0.609. The fourth-order valence-corrected chi connectivity index (χ4v) is 4.92. The highest BCUT2D eigenvalue weighted by molar-refractivity contribution is 6.25. The molecule has 0 radical (unpaired) electrons. The van der Waals surface area contributed by atoms with Crippen LogP contribution in [0.4, 0.5) is 0 Å². The molecule has 23 heavy (non-hydrogen) atoms. The van der Waals surface area contributed by atoms with Crippen LogP contribution in [-0.2, 0) is 0 Å². The van der Waals surface area contributed by atoms with E-state index in [4.69, 9.17) is 16.3 Å². The lowest BCUT2D eigenvalue weighted by molar-refractivity contribution is 0.171. The zero-order chi connectivity index (χ0) is 16.1. The molecule has 0 bridgehead atoms. The fourth-order valence-electron chi connectivity index (χ4n) is 4.71. The normalized spacial score (nSPS) is 32.1. The molecule has 1 aromatic rings. The molecule has 2 aliphatic rings. The minimum Gasteiger partial charge on any atom is -0.497 e. The molecule has 0 amide bonds. The number of halogens is 1. The van der Waals surface area contributed by atoms with Gasteiger partial charge in [0.25, 0.3) is 0 Å².